The molecule has 13 heteroatoms. The minimum absolute atomic E-state index is 0.151. The van der Waals surface area contributed by atoms with Crippen molar-refractivity contribution in [2.24, 2.45) is 0 Å². The largest absolute Gasteiger partial charge is 0.349 e. The summed E-state index contributed by atoms with van der Waals surface area (Å²) in [6.45, 7) is 17.7. The topological polar surface area (TPSA) is 121 Å². The van der Waals surface area contributed by atoms with Gasteiger partial charge in [0, 0.05) is 23.2 Å². The van der Waals surface area contributed by atoms with Gasteiger partial charge < -0.3 is 19.4 Å². The van der Waals surface area contributed by atoms with Crippen LogP contribution in [-0.4, -0.2) is 70.3 Å². The maximum absolute atomic E-state index is 11.0. The van der Waals surface area contributed by atoms with Gasteiger partial charge in [-0.3, -0.25) is 0 Å². The van der Waals surface area contributed by atoms with E-state index in [1.54, 1.807) is 6.20 Å². The Kier molecular flexibility index (Phi) is 10.5. The van der Waals surface area contributed by atoms with Gasteiger partial charge in [-0.25, -0.2) is 16.8 Å². The Hall–Kier alpha value is -2.35. The van der Waals surface area contributed by atoms with Gasteiger partial charge in [0.05, 0.1) is 13.3 Å². The normalized spacial score (nSPS) is 14.4. The molecule has 0 unspecified atom stereocenters. The van der Waals surface area contributed by atoms with E-state index in [0.29, 0.717) is 24.2 Å². The van der Waals surface area contributed by atoms with Crippen molar-refractivity contribution in [1.82, 2.24) is 14.7 Å². The van der Waals surface area contributed by atoms with Crippen LogP contribution in [0.5, 0.6) is 0 Å². The molecular weight excluding hydrogens is 430 g/mol. The zero-order valence-corrected chi connectivity index (χ0v) is 17.6. The maximum atomic E-state index is 11.0. The lowest BCUT2D eigenvalue weighted by Crippen LogP contribution is -2.53. The highest BCUT2D eigenvalue weighted by atomic mass is 32.2. The standard InChI is InChI=1S/C9H13N3O2S.C6H10O5S2/c1-4-10-7-11(5-2)9(15(13)14)12(6-3)8-10;1-3-12(7,8)5-11-6-13(9,10)4-2/h4-6H,1-3,7-8H2;3-4H,1-2,5-6H2. The van der Waals surface area contributed by atoms with Crippen molar-refractivity contribution in [1.29, 1.82) is 0 Å². The van der Waals surface area contributed by atoms with Crippen molar-refractivity contribution < 1.29 is 30.0 Å². The molecule has 0 aromatic heterocycles. The second-order valence-electron chi connectivity index (χ2n) is 4.98. The summed E-state index contributed by atoms with van der Waals surface area (Å²) in [5, 5.41) is 1.55. The summed E-state index contributed by atoms with van der Waals surface area (Å²) in [5.41, 5.74) is 0. The first kappa shape index (κ1) is 25.7. The summed E-state index contributed by atoms with van der Waals surface area (Å²) in [7, 11) is -9.33. The predicted octanol–water partition coefficient (Wildman–Crippen LogP) is 0.253. The van der Waals surface area contributed by atoms with Crippen LogP contribution in [0.2, 0.25) is 0 Å². The van der Waals surface area contributed by atoms with Gasteiger partial charge in [0.15, 0.2) is 31.6 Å². The van der Waals surface area contributed by atoms with E-state index in [-0.39, 0.29) is 5.11 Å². The summed E-state index contributed by atoms with van der Waals surface area (Å²) in [5.74, 6) is -1.38. The van der Waals surface area contributed by atoms with Crippen LogP contribution >= 0.6 is 0 Å². The Balaban J connectivity index is 0.000000528. The zero-order valence-electron chi connectivity index (χ0n) is 15.2. The third-order valence-corrected chi connectivity index (χ3v) is 5.78. The fraction of sp³-hybridized carbons (Fsp3) is 0.267. The van der Waals surface area contributed by atoms with Crippen LogP contribution in [0, 0.1) is 0 Å². The van der Waals surface area contributed by atoms with Crippen LogP contribution in [0.4, 0.5) is 0 Å². The first-order valence-electron chi connectivity index (χ1n) is 7.36. The number of nitrogens with zero attached hydrogens (tertiary/aromatic N) is 3. The highest BCUT2D eigenvalue weighted by Crippen LogP contribution is 2.10. The number of ether oxygens (including phenoxy) is 1. The fourth-order valence-corrected chi connectivity index (χ4v) is 3.24. The molecule has 1 aliphatic rings. The second-order valence-corrected chi connectivity index (χ2v) is 9.60. The molecule has 0 bridgehead atoms. The second kappa shape index (κ2) is 11.5. The molecule has 0 saturated carbocycles. The molecule has 0 aromatic carbocycles. The molecule has 1 aliphatic heterocycles. The molecule has 158 valence electrons. The van der Waals surface area contributed by atoms with E-state index in [4.69, 9.17) is 0 Å². The molecule has 0 radical (unpaired) electrons. The van der Waals surface area contributed by atoms with E-state index < -0.39 is 41.8 Å². The van der Waals surface area contributed by atoms with Crippen LogP contribution in [-0.2, 0) is 34.7 Å². The first-order chi connectivity index (χ1) is 13.0. The third kappa shape index (κ3) is 8.56. The van der Waals surface area contributed by atoms with E-state index in [0.717, 1.165) is 0 Å². The SMILES string of the molecule is C=CN1CN(C=C)C(=S(=O)=O)N(C=C)C1.C=CS(=O)(=O)COCS(=O)(=O)C=C. The highest BCUT2D eigenvalue weighted by molar-refractivity contribution is 7.94. The minimum atomic E-state index is -3.51. The van der Waals surface area contributed by atoms with E-state index in [1.165, 1.54) is 22.2 Å². The molecule has 1 rings (SSSR count). The molecule has 1 heterocycles. The monoisotopic (exact) mass is 453 g/mol. The number of hydrogen-bond donors (Lipinski definition) is 0. The lowest BCUT2D eigenvalue weighted by Gasteiger charge is -2.40. The van der Waals surface area contributed by atoms with E-state index in [1.807, 2.05) is 4.90 Å². The van der Waals surface area contributed by atoms with Crippen molar-refractivity contribution in [2.75, 3.05) is 25.2 Å². The van der Waals surface area contributed by atoms with E-state index >= 15 is 0 Å². The van der Waals surface area contributed by atoms with Crippen LogP contribution in [0.15, 0.2) is 62.3 Å². The molecule has 1 saturated heterocycles. The van der Waals surface area contributed by atoms with Gasteiger partial charge in [0.25, 0.3) is 10.3 Å². The van der Waals surface area contributed by atoms with Gasteiger partial charge in [0.1, 0.15) is 0 Å². The van der Waals surface area contributed by atoms with Gasteiger partial charge in [-0.05, 0) is 6.20 Å². The Morgan fingerprint density at radius 2 is 1.21 bits per heavy atom. The van der Waals surface area contributed by atoms with Gasteiger partial charge in [-0.1, -0.05) is 32.9 Å². The smallest absolute Gasteiger partial charge is 0.256 e. The highest BCUT2D eigenvalue weighted by Gasteiger charge is 2.24. The average molecular weight is 454 g/mol. The van der Waals surface area contributed by atoms with Crippen LogP contribution in [0.1, 0.15) is 0 Å². The molecule has 1 fully saturated rings. The number of sulfone groups is 2. The van der Waals surface area contributed by atoms with E-state index in [9.17, 15) is 25.3 Å². The first-order valence-corrected chi connectivity index (χ1v) is 11.9. The molecule has 0 amide bonds. The summed E-state index contributed by atoms with van der Waals surface area (Å²) < 4.78 is 69.3. The molecule has 0 spiro atoms. The molecule has 0 aliphatic carbocycles. The fourth-order valence-electron chi connectivity index (χ4n) is 1.66. The predicted molar refractivity (Wildman–Crippen MR) is 109 cm³/mol. The maximum Gasteiger partial charge on any atom is 0.256 e. The molecule has 28 heavy (non-hydrogen) atoms. The molecular formula is C15H23N3O7S3. The van der Waals surface area contributed by atoms with Gasteiger partial charge in [-0.2, -0.15) is 8.42 Å². The quantitative estimate of drug-likeness (QED) is 0.449. The van der Waals surface area contributed by atoms with Crippen molar-refractivity contribution >= 4 is 35.1 Å². The van der Waals surface area contributed by atoms with Crippen LogP contribution < -0.4 is 0 Å². The lowest BCUT2D eigenvalue weighted by molar-refractivity contribution is 0.182. The van der Waals surface area contributed by atoms with Gasteiger partial charge in [0.2, 0.25) is 5.11 Å². The Labute approximate surface area is 167 Å². The zero-order chi connectivity index (χ0) is 22.0. The van der Waals surface area contributed by atoms with Crippen molar-refractivity contribution in [3.05, 3.63) is 62.3 Å². The van der Waals surface area contributed by atoms with Crippen molar-refractivity contribution in [3.63, 3.8) is 0 Å². The Morgan fingerprint density at radius 1 is 0.821 bits per heavy atom. The van der Waals surface area contributed by atoms with Crippen LogP contribution in [0.3, 0.4) is 0 Å². The van der Waals surface area contributed by atoms with Gasteiger partial charge >= 0.3 is 0 Å². The van der Waals surface area contributed by atoms with E-state index in [2.05, 4.69) is 37.6 Å². The van der Waals surface area contributed by atoms with Gasteiger partial charge in [-0.15, -0.1) is 0 Å². The number of rotatable bonds is 9. The molecule has 0 atom stereocenters. The van der Waals surface area contributed by atoms with Crippen LogP contribution in [0.25, 0.3) is 0 Å². The Bertz CT molecular complexity index is 885. The summed E-state index contributed by atoms with van der Waals surface area (Å²) in [6, 6.07) is 0. The summed E-state index contributed by atoms with van der Waals surface area (Å²) >= 11 is 0. The summed E-state index contributed by atoms with van der Waals surface area (Å²) in [6.07, 6.45) is 4.55. The minimum Gasteiger partial charge on any atom is -0.349 e. The lowest BCUT2D eigenvalue weighted by atomic mass is 10.5. The average Bonchev–Trinajstić information content (AvgIpc) is 2.66. The van der Waals surface area contributed by atoms with Crippen molar-refractivity contribution in [2.45, 2.75) is 0 Å². The molecule has 0 aromatic rings. The molecule has 10 nitrogen and oxygen atoms in total. The summed E-state index contributed by atoms with van der Waals surface area (Å²) in [4.78, 5) is 4.85. The Morgan fingerprint density at radius 3 is 1.46 bits per heavy atom. The van der Waals surface area contributed by atoms with Crippen molar-refractivity contribution in [3.8, 4) is 0 Å². The number of hydrogen-bond acceptors (Lipinski definition) is 8. The molecule has 0 N–H and O–H groups in total. The third-order valence-electron chi connectivity index (χ3n) is 3.01.